The molecule has 1 aliphatic heterocycles. The zero-order chi connectivity index (χ0) is 11.9. The van der Waals surface area contributed by atoms with Crippen molar-refractivity contribution in [3.05, 3.63) is 29.6 Å². The summed E-state index contributed by atoms with van der Waals surface area (Å²) in [6.07, 6.45) is 8.53. The normalized spacial score (nSPS) is 31.8. The van der Waals surface area contributed by atoms with Gasteiger partial charge in [-0.15, -0.1) is 0 Å². The average molecular weight is 243 g/mol. The van der Waals surface area contributed by atoms with E-state index in [0.717, 1.165) is 6.04 Å². The molecule has 3 heteroatoms. The topological polar surface area (TPSA) is 28.2 Å². The molecular formula is C15H21N3. The quantitative estimate of drug-likeness (QED) is 0.879. The van der Waals surface area contributed by atoms with E-state index in [9.17, 15) is 0 Å². The Bertz CT molecular complexity index is 441. The molecule has 1 saturated heterocycles. The lowest BCUT2D eigenvalue weighted by atomic mass is 10.1. The predicted molar refractivity (Wildman–Crippen MR) is 71.4 cm³/mol. The number of nitrogens with zero attached hydrogens (tertiary/aromatic N) is 2. The van der Waals surface area contributed by atoms with Crippen molar-refractivity contribution in [1.29, 1.82) is 0 Å². The number of pyridine rings is 1. The molecule has 0 aromatic carbocycles. The van der Waals surface area contributed by atoms with Gasteiger partial charge in [0.25, 0.3) is 0 Å². The van der Waals surface area contributed by atoms with E-state index in [1.165, 1.54) is 56.5 Å². The molecule has 2 aliphatic carbocycles. The van der Waals surface area contributed by atoms with Crippen LogP contribution in [0.3, 0.4) is 0 Å². The van der Waals surface area contributed by atoms with Crippen LogP contribution >= 0.6 is 0 Å². The van der Waals surface area contributed by atoms with Crippen molar-refractivity contribution < 1.29 is 0 Å². The summed E-state index contributed by atoms with van der Waals surface area (Å²) in [6, 6.07) is 6.40. The number of hydrogen-bond donors (Lipinski definition) is 1. The summed E-state index contributed by atoms with van der Waals surface area (Å²) in [5, 5.41) is 3.84. The standard InChI is InChI=1S/C15H21N3/c1-2-11-3-6-14(15(11)16-8-1)17-12-7-9-18(10-12)13-4-5-13/h1-2,8,12-14,17H,3-7,9-10H2. The molecule has 2 heterocycles. The van der Waals surface area contributed by atoms with Gasteiger partial charge in [-0.25, -0.2) is 0 Å². The number of aryl methyl sites for hydroxylation is 1. The van der Waals surface area contributed by atoms with E-state index >= 15 is 0 Å². The van der Waals surface area contributed by atoms with Gasteiger partial charge in [-0.1, -0.05) is 6.07 Å². The molecule has 2 atom stereocenters. The fourth-order valence-electron chi connectivity index (χ4n) is 3.55. The third kappa shape index (κ3) is 1.95. The number of fused-ring (bicyclic) bond motifs is 1. The highest BCUT2D eigenvalue weighted by Gasteiger charge is 2.35. The van der Waals surface area contributed by atoms with E-state index in [-0.39, 0.29) is 0 Å². The Balaban J connectivity index is 1.41. The first-order valence-corrected chi connectivity index (χ1v) is 7.34. The number of likely N-dealkylation sites (tertiary alicyclic amines) is 1. The first kappa shape index (κ1) is 10.9. The Labute approximate surface area is 109 Å². The maximum atomic E-state index is 4.57. The minimum absolute atomic E-state index is 0.505. The van der Waals surface area contributed by atoms with Gasteiger partial charge in [0.2, 0.25) is 0 Å². The van der Waals surface area contributed by atoms with Crippen molar-refractivity contribution >= 4 is 0 Å². The summed E-state index contributed by atoms with van der Waals surface area (Å²) < 4.78 is 0. The van der Waals surface area contributed by atoms with E-state index in [1.54, 1.807) is 0 Å². The molecule has 1 aromatic heterocycles. The van der Waals surface area contributed by atoms with Crippen molar-refractivity contribution in [2.45, 2.75) is 50.2 Å². The largest absolute Gasteiger partial charge is 0.304 e. The second-order valence-corrected chi connectivity index (χ2v) is 6.02. The van der Waals surface area contributed by atoms with Crippen LogP contribution in [-0.2, 0) is 6.42 Å². The molecule has 18 heavy (non-hydrogen) atoms. The lowest BCUT2D eigenvalue weighted by Crippen LogP contribution is -2.35. The molecule has 0 bridgehead atoms. The van der Waals surface area contributed by atoms with Crippen LogP contribution in [-0.4, -0.2) is 35.1 Å². The molecule has 0 radical (unpaired) electrons. The van der Waals surface area contributed by atoms with Crippen LogP contribution in [0.2, 0.25) is 0 Å². The van der Waals surface area contributed by atoms with Crippen LogP contribution < -0.4 is 5.32 Å². The van der Waals surface area contributed by atoms with Gasteiger partial charge in [0, 0.05) is 31.4 Å². The summed E-state index contributed by atoms with van der Waals surface area (Å²) in [5.41, 5.74) is 2.76. The fourth-order valence-corrected chi connectivity index (χ4v) is 3.55. The van der Waals surface area contributed by atoms with Gasteiger partial charge in [-0.3, -0.25) is 9.88 Å². The molecule has 0 amide bonds. The minimum Gasteiger partial charge on any atom is -0.304 e. The second kappa shape index (κ2) is 4.32. The zero-order valence-corrected chi connectivity index (χ0v) is 10.8. The van der Waals surface area contributed by atoms with E-state index in [1.807, 2.05) is 6.20 Å². The van der Waals surface area contributed by atoms with Gasteiger partial charge < -0.3 is 5.32 Å². The monoisotopic (exact) mass is 243 g/mol. The highest BCUT2D eigenvalue weighted by molar-refractivity contribution is 5.28. The first-order chi connectivity index (χ1) is 8.90. The summed E-state index contributed by atoms with van der Waals surface area (Å²) in [6.45, 7) is 2.55. The van der Waals surface area contributed by atoms with Crippen LogP contribution in [0.5, 0.6) is 0 Å². The van der Waals surface area contributed by atoms with Gasteiger partial charge >= 0.3 is 0 Å². The Morgan fingerprint density at radius 2 is 2.17 bits per heavy atom. The summed E-state index contributed by atoms with van der Waals surface area (Å²) in [5.74, 6) is 0. The van der Waals surface area contributed by atoms with Gasteiger partial charge in [0.1, 0.15) is 0 Å². The molecule has 3 aliphatic rings. The van der Waals surface area contributed by atoms with Crippen LogP contribution in [0, 0.1) is 0 Å². The Kier molecular flexibility index (Phi) is 2.63. The molecular weight excluding hydrogens is 222 g/mol. The number of aromatic nitrogens is 1. The van der Waals surface area contributed by atoms with E-state index in [0.29, 0.717) is 12.1 Å². The SMILES string of the molecule is c1cnc2c(c1)CCC2NC1CCN(C2CC2)C1. The molecule has 4 rings (SSSR count). The van der Waals surface area contributed by atoms with Crippen LogP contribution in [0.4, 0.5) is 0 Å². The molecule has 2 unspecified atom stereocenters. The Hall–Kier alpha value is -0.930. The fraction of sp³-hybridized carbons (Fsp3) is 0.667. The maximum absolute atomic E-state index is 4.57. The average Bonchev–Trinajstić information content (AvgIpc) is 3.02. The minimum atomic E-state index is 0.505. The van der Waals surface area contributed by atoms with Crippen molar-refractivity contribution in [3.8, 4) is 0 Å². The highest BCUT2D eigenvalue weighted by atomic mass is 15.2. The number of rotatable bonds is 3. The van der Waals surface area contributed by atoms with Crippen molar-refractivity contribution in [2.24, 2.45) is 0 Å². The van der Waals surface area contributed by atoms with Gasteiger partial charge in [-0.2, -0.15) is 0 Å². The molecule has 1 saturated carbocycles. The predicted octanol–water partition coefficient (Wildman–Crippen LogP) is 1.90. The van der Waals surface area contributed by atoms with Crippen LogP contribution in [0.1, 0.15) is 43.0 Å². The molecule has 2 fully saturated rings. The molecule has 0 spiro atoms. The first-order valence-electron chi connectivity index (χ1n) is 7.34. The molecule has 1 aromatic rings. The van der Waals surface area contributed by atoms with E-state index in [4.69, 9.17) is 0 Å². The van der Waals surface area contributed by atoms with Crippen molar-refractivity contribution in [2.75, 3.05) is 13.1 Å². The van der Waals surface area contributed by atoms with Crippen LogP contribution in [0.15, 0.2) is 18.3 Å². The van der Waals surface area contributed by atoms with Gasteiger partial charge in [-0.05, 0) is 43.7 Å². The number of hydrogen-bond acceptors (Lipinski definition) is 3. The summed E-state index contributed by atoms with van der Waals surface area (Å²) in [7, 11) is 0. The molecule has 96 valence electrons. The highest BCUT2D eigenvalue weighted by Crippen LogP contribution is 2.33. The van der Waals surface area contributed by atoms with E-state index in [2.05, 4.69) is 27.3 Å². The Morgan fingerprint density at radius 1 is 1.22 bits per heavy atom. The third-order valence-electron chi connectivity index (χ3n) is 4.68. The third-order valence-corrected chi connectivity index (χ3v) is 4.68. The molecule has 3 nitrogen and oxygen atoms in total. The van der Waals surface area contributed by atoms with Crippen molar-refractivity contribution in [3.63, 3.8) is 0 Å². The van der Waals surface area contributed by atoms with Crippen molar-refractivity contribution in [1.82, 2.24) is 15.2 Å². The molecule has 1 N–H and O–H groups in total. The summed E-state index contributed by atoms with van der Waals surface area (Å²) >= 11 is 0. The van der Waals surface area contributed by atoms with Gasteiger partial charge in [0.05, 0.1) is 11.7 Å². The van der Waals surface area contributed by atoms with E-state index < -0.39 is 0 Å². The van der Waals surface area contributed by atoms with Gasteiger partial charge in [0.15, 0.2) is 0 Å². The van der Waals surface area contributed by atoms with Crippen LogP contribution in [0.25, 0.3) is 0 Å². The lowest BCUT2D eigenvalue weighted by Gasteiger charge is -2.20. The lowest BCUT2D eigenvalue weighted by molar-refractivity contribution is 0.311. The second-order valence-electron chi connectivity index (χ2n) is 6.02. The zero-order valence-electron chi connectivity index (χ0n) is 10.8. The Morgan fingerprint density at radius 3 is 3.06 bits per heavy atom. The smallest absolute Gasteiger partial charge is 0.0605 e. The number of nitrogens with one attached hydrogen (secondary N) is 1. The summed E-state index contributed by atoms with van der Waals surface area (Å²) in [4.78, 5) is 7.25. The maximum Gasteiger partial charge on any atom is 0.0605 e.